The zero-order valence-electron chi connectivity index (χ0n) is 18.4. The second-order valence-corrected chi connectivity index (χ2v) is 8.30. The van der Waals surface area contributed by atoms with E-state index in [0.29, 0.717) is 0 Å². The SMILES string of the molecule is CCNC(=NCC1CCN(CCOC)CC1)NCCCN1CCC(C)CC1.I. The molecular formula is C21H44IN5O. The molecule has 2 aliphatic heterocycles. The van der Waals surface area contributed by atoms with Crippen molar-refractivity contribution in [3.8, 4) is 0 Å². The van der Waals surface area contributed by atoms with E-state index in [9.17, 15) is 0 Å². The Morgan fingerprint density at radius 2 is 1.64 bits per heavy atom. The molecule has 2 heterocycles. The third kappa shape index (κ3) is 10.6. The Kier molecular flexibility index (Phi) is 14.5. The van der Waals surface area contributed by atoms with Gasteiger partial charge in [-0.05, 0) is 83.6 Å². The van der Waals surface area contributed by atoms with Gasteiger partial charge in [0.25, 0.3) is 0 Å². The number of piperidine rings is 2. The zero-order valence-corrected chi connectivity index (χ0v) is 20.7. The summed E-state index contributed by atoms with van der Waals surface area (Å²) in [5, 5.41) is 6.93. The van der Waals surface area contributed by atoms with Gasteiger partial charge in [0.1, 0.15) is 0 Å². The zero-order chi connectivity index (χ0) is 19.3. The number of nitrogens with one attached hydrogen (secondary N) is 2. The number of guanidine groups is 1. The minimum atomic E-state index is 0. The van der Waals surface area contributed by atoms with Crippen LogP contribution in [-0.4, -0.2) is 88.4 Å². The first-order valence-electron chi connectivity index (χ1n) is 11.2. The molecule has 0 aromatic heterocycles. The molecule has 2 rings (SSSR count). The monoisotopic (exact) mass is 509 g/mol. The molecule has 166 valence electrons. The molecule has 0 radical (unpaired) electrons. The van der Waals surface area contributed by atoms with Crippen molar-refractivity contribution in [1.82, 2.24) is 20.4 Å². The Labute approximate surface area is 190 Å². The Morgan fingerprint density at radius 1 is 1.00 bits per heavy atom. The fourth-order valence-corrected chi connectivity index (χ4v) is 3.97. The van der Waals surface area contributed by atoms with Gasteiger partial charge in [0.05, 0.1) is 6.61 Å². The van der Waals surface area contributed by atoms with Crippen molar-refractivity contribution in [3.63, 3.8) is 0 Å². The second kappa shape index (κ2) is 15.7. The van der Waals surface area contributed by atoms with Crippen molar-refractivity contribution in [2.75, 3.05) is 72.6 Å². The van der Waals surface area contributed by atoms with Crippen molar-refractivity contribution in [2.45, 2.75) is 46.0 Å². The lowest BCUT2D eigenvalue weighted by molar-refractivity contribution is 0.121. The number of methoxy groups -OCH3 is 1. The molecule has 0 bridgehead atoms. The summed E-state index contributed by atoms with van der Waals surface area (Å²) in [7, 11) is 1.78. The molecule has 2 fully saturated rings. The molecule has 0 aromatic rings. The summed E-state index contributed by atoms with van der Waals surface area (Å²) >= 11 is 0. The van der Waals surface area contributed by atoms with Crippen LogP contribution in [0.1, 0.15) is 46.0 Å². The molecule has 0 saturated carbocycles. The first-order chi connectivity index (χ1) is 13.2. The third-order valence-corrected chi connectivity index (χ3v) is 5.99. The van der Waals surface area contributed by atoms with Crippen LogP contribution < -0.4 is 10.6 Å². The normalized spacial score (nSPS) is 20.8. The predicted molar refractivity (Wildman–Crippen MR) is 130 cm³/mol. The number of ether oxygens (including phenoxy) is 1. The van der Waals surface area contributed by atoms with E-state index in [-0.39, 0.29) is 24.0 Å². The molecule has 0 amide bonds. The number of nitrogens with zero attached hydrogens (tertiary/aromatic N) is 3. The Morgan fingerprint density at radius 3 is 2.29 bits per heavy atom. The average Bonchev–Trinajstić information content (AvgIpc) is 2.70. The van der Waals surface area contributed by atoms with Crippen LogP contribution in [0, 0.1) is 11.8 Å². The summed E-state index contributed by atoms with van der Waals surface area (Å²) < 4.78 is 5.18. The highest BCUT2D eigenvalue weighted by Crippen LogP contribution is 2.17. The van der Waals surface area contributed by atoms with Gasteiger partial charge in [0.2, 0.25) is 0 Å². The standard InChI is InChI=1S/C21H43N5O.HI/c1-4-22-21(23-10-5-11-25-12-6-19(2)7-13-25)24-18-20-8-14-26(15-9-20)16-17-27-3;/h19-20H,4-18H2,1-3H3,(H2,22,23,24);1H. The van der Waals surface area contributed by atoms with E-state index < -0.39 is 0 Å². The number of likely N-dealkylation sites (tertiary alicyclic amines) is 2. The first kappa shape index (κ1) is 25.9. The van der Waals surface area contributed by atoms with Crippen LogP contribution in [0.4, 0.5) is 0 Å². The van der Waals surface area contributed by atoms with Gasteiger partial charge in [-0.3, -0.25) is 4.99 Å². The quantitative estimate of drug-likeness (QED) is 0.205. The maximum Gasteiger partial charge on any atom is 0.191 e. The van der Waals surface area contributed by atoms with Crippen molar-refractivity contribution < 1.29 is 4.74 Å². The number of halogens is 1. The Bertz CT molecular complexity index is 408. The van der Waals surface area contributed by atoms with Crippen LogP contribution >= 0.6 is 24.0 Å². The molecule has 0 aromatic carbocycles. The highest BCUT2D eigenvalue weighted by atomic mass is 127. The number of rotatable bonds is 10. The molecule has 0 atom stereocenters. The number of hydrogen-bond donors (Lipinski definition) is 2. The van der Waals surface area contributed by atoms with Crippen LogP contribution in [0.2, 0.25) is 0 Å². The van der Waals surface area contributed by atoms with E-state index in [0.717, 1.165) is 50.6 Å². The summed E-state index contributed by atoms with van der Waals surface area (Å²) in [6.07, 6.45) is 6.42. The van der Waals surface area contributed by atoms with Gasteiger partial charge in [0, 0.05) is 33.3 Å². The lowest BCUT2D eigenvalue weighted by Crippen LogP contribution is -2.40. The van der Waals surface area contributed by atoms with Gasteiger partial charge in [0.15, 0.2) is 5.96 Å². The Hall–Kier alpha value is -0.120. The predicted octanol–water partition coefficient (Wildman–Crippen LogP) is 2.64. The summed E-state index contributed by atoms with van der Waals surface area (Å²) in [6.45, 7) is 15.4. The maximum absolute atomic E-state index is 5.18. The number of hydrogen-bond acceptors (Lipinski definition) is 4. The van der Waals surface area contributed by atoms with Gasteiger partial charge in [-0.15, -0.1) is 24.0 Å². The molecular weight excluding hydrogens is 465 g/mol. The highest BCUT2D eigenvalue weighted by molar-refractivity contribution is 14.0. The van der Waals surface area contributed by atoms with E-state index in [4.69, 9.17) is 9.73 Å². The molecule has 2 saturated heterocycles. The summed E-state index contributed by atoms with van der Waals surface area (Å²) in [6, 6.07) is 0. The summed E-state index contributed by atoms with van der Waals surface area (Å²) in [5.41, 5.74) is 0. The molecule has 0 spiro atoms. The highest BCUT2D eigenvalue weighted by Gasteiger charge is 2.19. The van der Waals surface area contributed by atoms with E-state index in [2.05, 4.69) is 34.3 Å². The van der Waals surface area contributed by atoms with E-state index >= 15 is 0 Å². The van der Waals surface area contributed by atoms with Gasteiger partial charge in [-0.1, -0.05) is 6.92 Å². The third-order valence-electron chi connectivity index (χ3n) is 5.99. The van der Waals surface area contributed by atoms with Crippen LogP contribution in [0.5, 0.6) is 0 Å². The van der Waals surface area contributed by atoms with Crippen molar-refractivity contribution in [1.29, 1.82) is 0 Å². The lowest BCUT2D eigenvalue weighted by atomic mass is 9.97. The van der Waals surface area contributed by atoms with Gasteiger partial charge < -0.3 is 25.2 Å². The summed E-state index contributed by atoms with van der Waals surface area (Å²) in [5.74, 6) is 2.62. The Balaban J connectivity index is 0.00000392. The van der Waals surface area contributed by atoms with E-state index in [1.807, 2.05) is 0 Å². The first-order valence-corrected chi connectivity index (χ1v) is 11.2. The largest absolute Gasteiger partial charge is 0.383 e. The van der Waals surface area contributed by atoms with Crippen molar-refractivity contribution in [2.24, 2.45) is 16.8 Å². The maximum atomic E-state index is 5.18. The second-order valence-electron chi connectivity index (χ2n) is 8.30. The van der Waals surface area contributed by atoms with Crippen LogP contribution in [0.3, 0.4) is 0 Å². The van der Waals surface area contributed by atoms with Crippen LogP contribution in [0.15, 0.2) is 4.99 Å². The van der Waals surface area contributed by atoms with Gasteiger partial charge in [-0.25, -0.2) is 0 Å². The molecule has 0 aliphatic carbocycles. The van der Waals surface area contributed by atoms with E-state index in [1.54, 1.807) is 7.11 Å². The minimum absolute atomic E-state index is 0. The van der Waals surface area contributed by atoms with Crippen molar-refractivity contribution in [3.05, 3.63) is 0 Å². The molecule has 0 unspecified atom stereocenters. The number of aliphatic imine (C=N–C) groups is 1. The molecule has 2 aliphatic rings. The fourth-order valence-electron chi connectivity index (χ4n) is 3.97. The smallest absolute Gasteiger partial charge is 0.191 e. The van der Waals surface area contributed by atoms with Gasteiger partial charge >= 0.3 is 0 Å². The average molecular weight is 510 g/mol. The summed E-state index contributed by atoms with van der Waals surface area (Å²) in [4.78, 5) is 9.98. The lowest BCUT2D eigenvalue weighted by Gasteiger charge is -2.31. The van der Waals surface area contributed by atoms with Crippen LogP contribution in [-0.2, 0) is 4.74 Å². The molecule has 2 N–H and O–H groups in total. The van der Waals surface area contributed by atoms with E-state index in [1.165, 1.54) is 64.8 Å². The molecule has 7 heteroatoms. The fraction of sp³-hybridized carbons (Fsp3) is 0.952. The van der Waals surface area contributed by atoms with Crippen molar-refractivity contribution >= 4 is 29.9 Å². The minimum Gasteiger partial charge on any atom is -0.383 e. The van der Waals surface area contributed by atoms with Gasteiger partial charge in [-0.2, -0.15) is 0 Å². The molecule has 6 nitrogen and oxygen atoms in total. The molecule has 28 heavy (non-hydrogen) atoms. The van der Waals surface area contributed by atoms with Crippen LogP contribution in [0.25, 0.3) is 0 Å². The topological polar surface area (TPSA) is 52.1 Å².